The van der Waals surface area contributed by atoms with Crippen molar-refractivity contribution in [3.05, 3.63) is 65.2 Å². The molecular formula is C27H40O. The highest BCUT2D eigenvalue weighted by molar-refractivity contribution is 5.49. The quantitative estimate of drug-likeness (QED) is 0.347. The largest absolute Gasteiger partial charge is 0.508 e. The van der Waals surface area contributed by atoms with Crippen molar-refractivity contribution in [2.45, 2.75) is 96.8 Å². The van der Waals surface area contributed by atoms with Gasteiger partial charge >= 0.3 is 0 Å². The van der Waals surface area contributed by atoms with Crippen molar-refractivity contribution in [1.29, 1.82) is 0 Å². The van der Waals surface area contributed by atoms with Gasteiger partial charge in [-0.25, -0.2) is 0 Å². The Bertz CT molecular complexity index is 672. The minimum atomic E-state index is -0.194. The van der Waals surface area contributed by atoms with E-state index in [0.717, 1.165) is 12.0 Å². The summed E-state index contributed by atoms with van der Waals surface area (Å²) in [7, 11) is 0. The van der Waals surface area contributed by atoms with Gasteiger partial charge in [0.25, 0.3) is 0 Å². The molecule has 0 bridgehead atoms. The van der Waals surface area contributed by atoms with Crippen LogP contribution in [0.5, 0.6) is 5.75 Å². The summed E-state index contributed by atoms with van der Waals surface area (Å²) in [5.41, 5.74) is 3.45. The van der Waals surface area contributed by atoms with Gasteiger partial charge in [0.05, 0.1) is 0 Å². The van der Waals surface area contributed by atoms with Crippen molar-refractivity contribution in [1.82, 2.24) is 0 Å². The molecule has 154 valence electrons. The summed E-state index contributed by atoms with van der Waals surface area (Å²) < 4.78 is 0. The fourth-order valence-corrected chi connectivity index (χ4v) is 4.32. The Morgan fingerprint density at radius 1 is 0.679 bits per heavy atom. The van der Waals surface area contributed by atoms with Crippen molar-refractivity contribution in [3.63, 3.8) is 0 Å². The molecule has 0 amide bonds. The molecule has 0 aliphatic rings. The minimum absolute atomic E-state index is 0.194. The van der Waals surface area contributed by atoms with E-state index in [4.69, 9.17) is 0 Å². The van der Waals surface area contributed by atoms with Crippen LogP contribution in [0.25, 0.3) is 0 Å². The summed E-state index contributed by atoms with van der Waals surface area (Å²) in [5, 5.41) is 10.6. The molecule has 1 nitrogen and oxygen atoms in total. The van der Waals surface area contributed by atoms with Crippen molar-refractivity contribution in [3.8, 4) is 5.75 Å². The monoisotopic (exact) mass is 380 g/mol. The van der Waals surface area contributed by atoms with Crippen LogP contribution in [0.4, 0.5) is 0 Å². The summed E-state index contributed by atoms with van der Waals surface area (Å²) in [4.78, 5) is 0. The molecule has 0 aromatic heterocycles. The molecule has 2 rings (SSSR count). The fraction of sp³-hybridized carbons (Fsp3) is 0.556. The number of phenols is 1. The van der Waals surface area contributed by atoms with E-state index in [1.807, 2.05) is 12.1 Å². The number of unbranched alkanes of at least 4 members (excludes halogenated alkanes) is 9. The van der Waals surface area contributed by atoms with Gasteiger partial charge in [0.15, 0.2) is 0 Å². The molecule has 0 unspecified atom stereocenters. The third-order valence-electron chi connectivity index (χ3n) is 6.05. The number of aromatic hydroxyl groups is 1. The smallest absolute Gasteiger partial charge is 0.119 e. The van der Waals surface area contributed by atoms with Crippen molar-refractivity contribution < 1.29 is 5.11 Å². The molecule has 0 aliphatic heterocycles. The molecule has 0 spiro atoms. The molecule has 2 aromatic rings. The molecule has 2 aromatic carbocycles. The van der Waals surface area contributed by atoms with Crippen molar-refractivity contribution in [2.75, 3.05) is 0 Å². The van der Waals surface area contributed by atoms with E-state index >= 15 is 0 Å². The number of benzene rings is 2. The van der Waals surface area contributed by atoms with Crippen LogP contribution in [0.3, 0.4) is 0 Å². The summed E-state index contributed by atoms with van der Waals surface area (Å²) in [6, 6.07) is 16.6. The van der Waals surface area contributed by atoms with Gasteiger partial charge in [0.1, 0.15) is 5.75 Å². The first-order valence-electron chi connectivity index (χ1n) is 11.4. The van der Waals surface area contributed by atoms with Crippen LogP contribution in [-0.4, -0.2) is 5.11 Å². The van der Waals surface area contributed by atoms with E-state index < -0.39 is 0 Å². The zero-order valence-corrected chi connectivity index (χ0v) is 18.3. The molecule has 1 heteroatoms. The Labute approximate surface area is 173 Å². The Morgan fingerprint density at radius 3 is 1.86 bits per heavy atom. The highest BCUT2D eigenvalue weighted by Gasteiger charge is 2.28. The second kappa shape index (κ2) is 11.9. The lowest BCUT2D eigenvalue weighted by atomic mass is 9.75. The summed E-state index contributed by atoms with van der Waals surface area (Å²) >= 11 is 0. The molecule has 0 heterocycles. The highest BCUT2D eigenvalue weighted by Crippen LogP contribution is 2.39. The fourth-order valence-electron chi connectivity index (χ4n) is 4.32. The first-order chi connectivity index (χ1) is 13.6. The Hall–Kier alpha value is -1.76. The van der Waals surface area contributed by atoms with Gasteiger partial charge in [0, 0.05) is 11.0 Å². The van der Waals surface area contributed by atoms with Crippen LogP contribution < -0.4 is 0 Å². The molecule has 0 aliphatic carbocycles. The average Bonchev–Trinajstić information content (AvgIpc) is 2.70. The topological polar surface area (TPSA) is 20.2 Å². The second-order valence-corrected chi connectivity index (χ2v) is 8.73. The maximum atomic E-state index is 10.6. The van der Waals surface area contributed by atoms with Crippen LogP contribution >= 0.6 is 0 Å². The number of hydrogen-bond acceptors (Lipinski definition) is 1. The van der Waals surface area contributed by atoms with Crippen LogP contribution in [-0.2, 0) is 11.8 Å². The standard InChI is InChI=1S/C27H40O/c1-4-5-6-7-8-9-10-11-12-14-18-23-19-17-22-25(28)26(23)27(2,3)24-20-15-13-16-21-24/h13,15-17,19-22,28H,4-12,14,18H2,1-3H3. The summed E-state index contributed by atoms with van der Waals surface area (Å²) in [6.07, 6.45) is 14.6. The normalized spacial score (nSPS) is 11.7. The van der Waals surface area contributed by atoms with Crippen molar-refractivity contribution in [2.24, 2.45) is 0 Å². The minimum Gasteiger partial charge on any atom is -0.508 e. The molecule has 28 heavy (non-hydrogen) atoms. The molecule has 0 saturated heterocycles. The van der Waals surface area contributed by atoms with Crippen LogP contribution in [0, 0.1) is 0 Å². The van der Waals surface area contributed by atoms with E-state index in [-0.39, 0.29) is 5.41 Å². The zero-order chi connectivity index (χ0) is 20.2. The lowest BCUT2D eigenvalue weighted by Crippen LogP contribution is -2.21. The number of hydrogen-bond donors (Lipinski definition) is 1. The summed E-state index contributed by atoms with van der Waals surface area (Å²) in [6.45, 7) is 6.72. The SMILES string of the molecule is CCCCCCCCCCCCc1cccc(O)c1C(C)(C)c1ccccc1. The molecule has 1 N–H and O–H groups in total. The Morgan fingerprint density at radius 2 is 1.25 bits per heavy atom. The maximum absolute atomic E-state index is 10.6. The van der Waals surface area contributed by atoms with E-state index in [0.29, 0.717) is 5.75 Å². The first kappa shape index (κ1) is 22.5. The van der Waals surface area contributed by atoms with Crippen LogP contribution in [0.1, 0.15) is 102 Å². The van der Waals surface area contributed by atoms with Gasteiger partial charge in [0.2, 0.25) is 0 Å². The lowest BCUT2D eigenvalue weighted by molar-refractivity contribution is 0.450. The van der Waals surface area contributed by atoms with Crippen molar-refractivity contribution >= 4 is 0 Å². The lowest BCUT2D eigenvalue weighted by Gasteiger charge is -2.29. The van der Waals surface area contributed by atoms with Crippen LogP contribution in [0.15, 0.2) is 48.5 Å². The predicted octanol–water partition coefficient (Wildman–Crippen LogP) is 8.18. The van der Waals surface area contributed by atoms with Gasteiger partial charge in [-0.2, -0.15) is 0 Å². The molecule has 0 saturated carbocycles. The Kier molecular flexibility index (Phi) is 9.61. The van der Waals surface area contributed by atoms with Gasteiger partial charge in [-0.05, 0) is 30.0 Å². The van der Waals surface area contributed by atoms with Gasteiger partial charge < -0.3 is 5.11 Å². The van der Waals surface area contributed by atoms with E-state index in [1.165, 1.54) is 75.3 Å². The van der Waals surface area contributed by atoms with Gasteiger partial charge in [-0.3, -0.25) is 0 Å². The number of phenolic OH excluding ortho intramolecular Hbond substituents is 1. The van der Waals surface area contributed by atoms with E-state index in [1.54, 1.807) is 0 Å². The highest BCUT2D eigenvalue weighted by atomic mass is 16.3. The van der Waals surface area contributed by atoms with E-state index in [2.05, 4.69) is 57.2 Å². The second-order valence-electron chi connectivity index (χ2n) is 8.73. The zero-order valence-electron chi connectivity index (χ0n) is 18.3. The molecule has 0 fully saturated rings. The van der Waals surface area contributed by atoms with E-state index in [9.17, 15) is 5.11 Å². The third-order valence-corrected chi connectivity index (χ3v) is 6.05. The Balaban J connectivity index is 1.86. The maximum Gasteiger partial charge on any atom is 0.119 e. The molecule has 0 radical (unpaired) electrons. The number of aryl methyl sites for hydroxylation is 1. The molecule has 0 atom stereocenters. The van der Waals surface area contributed by atoms with Gasteiger partial charge in [-0.1, -0.05) is 121 Å². The van der Waals surface area contributed by atoms with Crippen LogP contribution in [0.2, 0.25) is 0 Å². The molecular weight excluding hydrogens is 340 g/mol. The number of rotatable bonds is 13. The van der Waals surface area contributed by atoms with Gasteiger partial charge in [-0.15, -0.1) is 0 Å². The third kappa shape index (κ3) is 6.69. The average molecular weight is 381 g/mol. The predicted molar refractivity (Wildman–Crippen MR) is 122 cm³/mol. The summed E-state index contributed by atoms with van der Waals surface area (Å²) in [5.74, 6) is 0.429. The first-order valence-corrected chi connectivity index (χ1v) is 11.4.